The zero-order chi connectivity index (χ0) is 13.0. The summed E-state index contributed by atoms with van der Waals surface area (Å²) in [6, 6.07) is 5.56. The van der Waals surface area contributed by atoms with Crippen LogP contribution in [0.5, 0.6) is 0 Å². The van der Waals surface area contributed by atoms with E-state index in [1.54, 1.807) is 0 Å². The molecule has 1 atom stereocenters. The van der Waals surface area contributed by atoms with E-state index in [1.165, 1.54) is 0 Å². The van der Waals surface area contributed by atoms with E-state index in [4.69, 9.17) is 5.73 Å². The number of nitrogens with one attached hydrogen (secondary N) is 2. The second kappa shape index (κ2) is 5.57. The van der Waals surface area contributed by atoms with E-state index in [9.17, 15) is 4.79 Å². The number of nitrogens with two attached hydrogens (primary N) is 1. The van der Waals surface area contributed by atoms with Crippen LogP contribution in [0.25, 0.3) is 0 Å². The van der Waals surface area contributed by atoms with Crippen molar-refractivity contribution in [3.05, 3.63) is 23.8 Å². The number of aryl methyl sites for hydroxylation is 1. The van der Waals surface area contributed by atoms with E-state index < -0.39 is 0 Å². The molecule has 0 saturated heterocycles. The molecule has 4 nitrogen and oxygen atoms in total. The predicted octanol–water partition coefficient (Wildman–Crippen LogP) is 1.90. The number of carbonyl (C=O) groups is 1. The van der Waals surface area contributed by atoms with E-state index in [0.717, 1.165) is 11.3 Å². The zero-order valence-corrected chi connectivity index (χ0v) is 10.9. The summed E-state index contributed by atoms with van der Waals surface area (Å²) in [5.41, 5.74) is 8.41. The molecular formula is C13H21N3O. The molecule has 0 fully saturated rings. The zero-order valence-electron chi connectivity index (χ0n) is 10.9. The summed E-state index contributed by atoms with van der Waals surface area (Å²) in [4.78, 5) is 11.7. The lowest BCUT2D eigenvalue weighted by molar-refractivity contribution is -0.122. The lowest BCUT2D eigenvalue weighted by Gasteiger charge is -2.18. The van der Waals surface area contributed by atoms with Crippen molar-refractivity contribution in [1.82, 2.24) is 5.32 Å². The number of amides is 1. The van der Waals surface area contributed by atoms with Crippen molar-refractivity contribution in [2.45, 2.75) is 39.8 Å². The minimum absolute atomic E-state index is 0.0269. The van der Waals surface area contributed by atoms with Crippen molar-refractivity contribution >= 4 is 17.3 Å². The van der Waals surface area contributed by atoms with Crippen LogP contribution >= 0.6 is 0 Å². The fourth-order valence-electron chi connectivity index (χ4n) is 1.50. The van der Waals surface area contributed by atoms with Crippen molar-refractivity contribution in [2.24, 2.45) is 0 Å². The number of benzene rings is 1. The Morgan fingerprint density at radius 1 is 1.29 bits per heavy atom. The number of anilines is 2. The molecule has 4 heteroatoms. The van der Waals surface area contributed by atoms with Gasteiger partial charge in [0, 0.05) is 6.04 Å². The minimum atomic E-state index is -0.304. The average molecular weight is 235 g/mol. The van der Waals surface area contributed by atoms with Crippen LogP contribution in [0, 0.1) is 6.92 Å². The van der Waals surface area contributed by atoms with Gasteiger partial charge in [0.1, 0.15) is 6.04 Å². The van der Waals surface area contributed by atoms with Crippen LogP contribution in [0.4, 0.5) is 11.4 Å². The Morgan fingerprint density at radius 3 is 2.53 bits per heavy atom. The monoisotopic (exact) mass is 235 g/mol. The number of hydrogen-bond acceptors (Lipinski definition) is 3. The third kappa shape index (κ3) is 3.98. The van der Waals surface area contributed by atoms with Gasteiger partial charge in [0.05, 0.1) is 11.4 Å². The minimum Gasteiger partial charge on any atom is -0.397 e. The van der Waals surface area contributed by atoms with Gasteiger partial charge in [-0.05, 0) is 45.4 Å². The number of carbonyl (C=O) groups excluding carboxylic acids is 1. The maximum atomic E-state index is 11.7. The number of hydrogen-bond donors (Lipinski definition) is 3. The first-order chi connectivity index (χ1) is 7.90. The molecule has 1 amide bonds. The van der Waals surface area contributed by atoms with Crippen LogP contribution in [0.2, 0.25) is 0 Å². The molecular weight excluding hydrogens is 214 g/mol. The third-order valence-corrected chi connectivity index (χ3v) is 2.41. The van der Waals surface area contributed by atoms with E-state index >= 15 is 0 Å². The van der Waals surface area contributed by atoms with Crippen LogP contribution < -0.4 is 16.4 Å². The van der Waals surface area contributed by atoms with Crippen LogP contribution in [-0.4, -0.2) is 18.0 Å². The maximum absolute atomic E-state index is 11.7. The van der Waals surface area contributed by atoms with Crippen LogP contribution in [-0.2, 0) is 4.79 Å². The highest BCUT2D eigenvalue weighted by Gasteiger charge is 2.14. The van der Waals surface area contributed by atoms with Crippen LogP contribution in [0.1, 0.15) is 26.3 Å². The van der Waals surface area contributed by atoms with Gasteiger partial charge >= 0.3 is 0 Å². The largest absolute Gasteiger partial charge is 0.397 e. The third-order valence-electron chi connectivity index (χ3n) is 2.41. The summed E-state index contributed by atoms with van der Waals surface area (Å²) in [6.07, 6.45) is 0. The Bertz CT molecular complexity index is 402. The summed E-state index contributed by atoms with van der Waals surface area (Å²) in [7, 11) is 0. The van der Waals surface area contributed by atoms with Gasteiger partial charge in [-0.1, -0.05) is 6.07 Å². The molecule has 17 heavy (non-hydrogen) atoms. The quantitative estimate of drug-likeness (QED) is 0.698. The van der Waals surface area contributed by atoms with Gasteiger partial charge < -0.3 is 16.4 Å². The first-order valence-corrected chi connectivity index (χ1v) is 5.83. The maximum Gasteiger partial charge on any atom is 0.242 e. The lowest BCUT2D eigenvalue weighted by atomic mass is 10.1. The fourth-order valence-corrected chi connectivity index (χ4v) is 1.50. The van der Waals surface area contributed by atoms with Gasteiger partial charge in [0.15, 0.2) is 0 Å². The van der Waals surface area contributed by atoms with Gasteiger partial charge in [0.25, 0.3) is 0 Å². The molecule has 0 heterocycles. The summed E-state index contributed by atoms with van der Waals surface area (Å²) in [6.45, 7) is 7.68. The molecule has 0 aromatic heterocycles. The first-order valence-electron chi connectivity index (χ1n) is 5.83. The van der Waals surface area contributed by atoms with Crippen molar-refractivity contribution < 1.29 is 4.79 Å². The van der Waals surface area contributed by atoms with Crippen LogP contribution in [0.3, 0.4) is 0 Å². The summed E-state index contributed by atoms with van der Waals surface area (Å²) >= 11 is 0. The van der Waals surface area contributed by atoms with Gasteiger partial charge in [-0.3, -0.25) is 4.79 Å². The average Bonchev–Trinajstić information content (AvgIpc) is 2.22. The fraction of sp³-hybridized carbons (Fsp3) is 0.462. The molecule has 0 saturated carbocycles. The summed E-state index contributed by atoms with van der Waals surface area (Å²) in [5, 5.41) is 5.97. The van der Waals surface area contributed by atoms with Gasteiger partial charge in [0.2, 0.25) is 5.91 Å². The van der Waals surface area contributed by atoms with E-state index in [2.05, 4.69) is 10.6 Å². The van der Waals surface area contributed by atoms with Crippen molar-refractivity contribution in [2.75, 3.05) is 11.1 Å². The molecule has 1 unspecified atom stereocenters. The highest BCUT2D eigenvalue weighted by atomic mass is 16.2. The van der Waals surface area contributed by atoms with Gasteiger partial charge in [-0.2, -0.15) is 0 Å². The normalized spacial score (nSPS) is 12.3. The number of nitrogen functional groups attached to an aromatic ring is 1. The van der Waals surface area contributed by atoms with Gasteiger partial charge in [-0.25, -0.2) is 0 Å². The highest BCUT2D eigenvalue weighted by molar-refractivity contribution is 5.85. The molecule has 94 valence electrons. The second-order valence-corrected chi connectivity index (χ2v) is 4.62. The molecule has 0 aliphatic heterocycles. The SMILES string of the molecule is Cc1ccc(N)c(NC(C)C(=O)NC(C)C)c1. The van der Waals surface area contributed by atoms with Crippen LogP contribution in [0.15, 0.2) is 18.2 Å². The smallest absolute Gasteiger partial charge is 0.242 e. The molecule has 1 aromatic carbocycles. The Labute approximate surface area is 103 Å². The standard InChI is InChI=1S/C13H21N3O/c1-8(2)15-13(17)10(4)16-12-7-9(3)5-6-11(12)14/h5-8,10,16H,14H2,1-4H3,(H,15,17). The molecule has 1 aromatic rings. The first kappa shape index (κ1) is 13.4. The molecule has 0 aliphatic carbocycles. The molecule has 0 spiro atoms. The molecule has 1 rings (SSSR count). The molecule has 4 N–H and O–H groups in total. The lowest BCUT2D eigenvalue weighted by Crippen LogP contribution is -2.41. The summed E-state index contributed by atoms with van der Waals surface area (Å²) < 4.78 is 0. The van der Waals surface area contributed by atoms with E-state index in [-0.39, 0.29) is 18.0 Å². The topological polar surface area (TPSA) is 67.1 Å². The van der Waals surface area contributed by atoms with Crippen molar-refractivity contribution in [1.29, 1.82) is 0 Å². The van der Waals surface area contributed by atoms with E-state index in [0.29, 0.717) is 5.69 Å². The second-order valence-electron chi connectivity index (χ2n) is 4.62. The van der Waals surface area contributed by atoms with Crippen molar-refractivity contribution in [3.8, 4) is 0 Å². The molecule has 0 bridgehead atoms. The Hall–Kier alpha value is -1.71. The van der Waals surface area contributed by atoms with E-state index in [1.807, 2.05) is 45.9 Å². The number of rotatable bonds is 4. The summed E-state index contributed by atoms with van der Waals surface area (Å²) in [5.74, 6) is -0.0269. The highest BCUT2D eigenvalue weighted by Crippen LogP contribution is 2.20. The van der Waals surface area contributed by atoms with Crippen molar-refractivity contribution in [3.63, 3.8) is 0 Å². The molecule has 0 radical (unpaired) electrons. The van der Waals surface area contributed by atoms with Gasteiger partial charge in [-0.15, -0.1) is 0 Å². The Morgan fingerprint density at radius 2 is 1.94 bits per heavy atom. The Kier molecular flexibility index (Phi) is 4.37. The molecule has 0 aliphatic rings. The predicted molar refractivity (Wildman–Crippen MR) is 72.0 cm³/mol. The Balaban J connectivity index is 2.70.